The van der Waals surface area contributed by atoms with Gasteiger partial charge in [-0.1, -0.05) is 13.8 Å². The zero-order valence-electron chi connectivity index (χ0n) is 12.0. The van der Waals surface area contributed by atoms with Crippen molar-refractivity contribution in [2.75, 3.05) is 33.4 Å². The van der Waals surface area contributed by atoms with E-state index in [4.69, 9.17) is 4.74 Å². The molecular formula is C14H30N2O. The summed E-state index contributed by atoms with van der Waals surface area (Å²) in [5, 5.41) is 3.51. The van der Waals surface area contributed by atoms with Gasteiger partial charge in [-0.05, 0) is 52.2 Å². The minimum absolute atomic E-state index is 0.647. The maximum absolute atomic E-state index is 5.44. The van der Waals surface area contributed by atoms with E-state index < -0.39 is 0 Å². The van der Waals surface area contributed by atoms with Gasteiger partial charge in [0.1, 0.15) is 0 Å². The van der Waals surface area contributed by atoms with Crippen LogP contribution in [0, 0.1) is 5.92 Å². The van der Waals surface area contributed by atoms with Gasteiger partial charge in [-0.2, -0.15) is 0 Å². The second-order valence-corrected chi connectivity index (χ2v) is 5.77. The molecule has 1 N–H and O–H groups in total. The van der Waals surface area contributed by atoms with Crippen LogP contribution in [0.2, 0.25) is 0 Å². The molecule has 1 rings (SSSR count). The summed E-state index contributed by atoms with van der Waals surface area (Å²) in [5.41, 5.74) is 0. The predicted octanol–water partition coefficient (Wildman–Crippen LogP) is 2.12. The van der Waals surface area contributed by atoms with Gasteiger partial charge < -0.3 is 10.1 Å². The maximum Gasteiger partial charge on any atom is 0.0622 e. The quantitative estimate of drug-likeness (QED) is 0.660. The molecule has 0 aliphatic carbocycles. The molecule has 0 saturated carbocycles. The van der Waals surface area contributed by atoms with E-state index in [9.17, 15) is 0 Å². The Labute approximate surface area is 107 Å². The second kappa shape index (κ2) is 8.06. The van der Waals surface area contributed by atoms with Crippen LogP contribution in [0.25, 0.3) is 0 Å². The molecule has 3 nitrogen and oxygen atoms in total. The highest BCUT2D eigenvalue weighted by molar-refractivity contribution is 4.77. The van der Waals surface area contributed by atoms with Crippen molar-refractivity contribution in [3.8, 4) is 0 Å². The number of hydrogen-bond donors (Lipinski definition) is 1. The van der Waals surface area contributed by atoms with E-state index in [0.717, 1.165) is 32.2 Å². The fourth-order valence-electron chi connectivity index (χ4n) is 2.32. The smallest absolute Gasteiger partial charge is 0.0622 e. The van der Waals surface area contributed by atoms with Crippen LogP contribution in [0.5, 0.6) is 0 Å². The highest BCUT2D eigenvalue weighted by Gasteiger charge is 2.23. The van der Waals surface area contributed by atoms with E-state index in [1.165, 1.54) is 19.3 Å². The summed E-state index contributed by atoms with van der Waals surface area (Å²) in [6.07, 6.45) is 3.75. The van der Waals surface area contributed by atoms with Crippen molar-refractivity contribution in [2.24, 2.45) is 5.92 Å². The highest BCUT2D eigenvalue weighted by atomic mass is 16.5. The molecule has 2 atom stereocenters. The SMILES string of the molecule is CC(C)CNCCCC(C)N(C)C1CCOC1. The minimum atomic E-state index is 0.647. The van der Waals surface area contributed by atoms with Crippen LogP contribution in [0.15, 0.2) is 0 Å². The van der Waals surface area contributed by atoms with Crippen molar-refractivity contribution in [3.63, 3.8) is 0 Å². The Balaban J connectivity index is 2.05. The van der Waals surface area contributed by atoms with Crippen molar-refractivity contribution < 1.29 is 4.74 Å². The first kappa shape index (κ1) is 14.9. The number of nitrogens with zero attached hydrogens (tertiary/aromatic N) is 1. The number of ether oxygens (including phenoxy) is 1. The lowest BCUT2D eigenvalue weighted by molar-refractivity contribution is 0.133. The van der Waals surface area contributed by atoms with Gasteiger partial charge in [-0.3, -0.25) is 4.90 Å². The van der Waals surface area contributed by atoms with E-state index in [2.05, 4.69) is 38.0 Å². The fourth-order valence-corrected chi connectivity index (χ4v) is 2.32. The predicted molar refractivity (Wildman–Crippen MR) is 73.4 cm³/mol. The molecule has 2 unspecified atom stereocenters. The van der Waals surface area contributed by atoms with Gasteiger partial charge in [0.2, 0.25) is 0 Å². The molecule has 0 radical (unpaired) electrons. The summed E-state index contributed by atoms with van der Waals surface area (Å²) in [5.74, 6) is 0.755. The third-order valence-corrected chi connectivity index (χ3v) is 3.70. The summed E-state index contributed by atoms with van der Waals surface area (Å²) in [6.45, 7) is 11.0. The van der Waals surface area contributed by atoms with E-state index in [1.807, 2.05) is 0 Å². The van der Waals surface area contributed by atoms with Crippen LogP contribution in [-0.2, 0) is 4.74 Å². The molecule has 0 aromatic heterocycles. The minimum Gasteiger partial charge on any atom is -0.380 e. The van der Waals surface area contributed by atoms with Crippen LogP contribution in [0.4, 0.5) is 0 Å². The van der Waals surface area contributed by atoms with Crippen LogP contribution in [0.1, 0.15) is 40.0 Å². The topological polar surface area (TPSA) is 24.5 Å². The molecule has 0 spiro atoms. The summed E-state index contributed by atoms with van der Waals surface area (Å²) in [7, 11) is 2.24. The first-order chi connectivity index (χ1) is 8.11. The molecule has 1 fully saturated rings. The van der Waals surface area contributed by atoms with Gasteiger partial charge >= 0.3 is 0 Å². The zero-order chi connectivity index (χ0) is 12.7. The van der Waals surface area contributed by atoms with Crippen molar-refractivity contribution in [1.82, 2.24) is 10.2 Å². The van der Waals surface area contributed by atoms with E-state index >= 15 is 0 Å². The average molecular weight is 242 g/mol. The van der Waals surface area contributed by atoms with Crippen LogP contribution < -0.4 is 5.32 Å². The van der Waals surface area contributed by atoms with Gasteiger partial charge in [0.25, 0.3) is 0 Å². The normalized spacial score (nSPS) is 22.6. The van der Waals surface area contributed by atoms with Crippen molar-refractivity contribution >= 4 is 0 Å². The Morgan fingerprint density at radius 3 is 2.71 bits per heavy atom. The number of nitrogens with one attached hydrogen (secondary N) is 1. The van der Waals surface area contributed by atoms with Crippen LogP contribution in [0.3, 0.4) is 0 Å². The number of hydrogen-bond acceptors (Lipinski definition) is 3. The Morgan fingerprint density at radius 1 is 1.35 bits per heavy atom. The Kier molecular flexibility index (Phi) is 7.09. The molecule has 102 valence electrons. The summed E-state index contributed by atoms with van der Waals surface area (Å²) >= 11 is 0. The third kappa shape index (κ3) is 5.84. The van der Waals surface area contributed by atoms with E-state index in [-0.39, 0.29) is 0 Å². The lowest BCUT2D eigenvalue weighted by Crippen LogP contribution is -2.39. The van der Waals surface area contributed by atoms with Gasteiger partial charge in [0, 0.05) is 18.7 Å². The first-order valence-electron chi connectivity index (χ1n) is 7.11. The molecule has 17 heavy (non-hydrogen) atoms. The molecule has 0 bridgehead atoms. The van der Waals surface area contributed by atoms with E-state index in [1.54, 1.807) is 0 Å². The van der Waals surface area contributed by atoms with Crippen molar-refractivity contribution in [1.29, 1.82) is 0 Å². The summed E-state index contributed by atoms with van der Waals surface area (Å²) in [4.78, 5) is 2.50. The number of likely N-dealkylation sites (N-methyl/N-ethyl adjacent to an activating group) is 1. The standard InChI is InChI=1S/C14H30N2O/c1-12(2)10-15-8-5-6-13(3)16(4)14-7-9-17-11-14/h12-15H,5-11H2,1-4H3. The first-order valence-corrected chi connectivity index (χ1v) is 7.11. The Bertz CT molecular complexity index is 191. The summed E-state index contributed by atoms with van der Waals surface area (Å²) < 4.78 is 5.44. The molecule has 1 aliphatic rings. The highest BCUT2D eigenvalue weighted by Crippen LogP contribution is 2.15. The molecular weight excluding hydrogens is 212 g/mol. The molecule has 3 heteroatoms. The van der Waals surface area contributed by atoms with Gasteiger partial charge in [0.15, 0.2) is 0 Å². The largest absolute Gasteiger partial charge is 0.380 e. The second-order valence-electron chi connectivity index (χ2n) is 5.77. The molecule has 1 heterocycles. The van der Waals surface area contributed by atoms with Gasteiger partial charge in [-0.15, -0.1) is 0 Å². The lowest BCUT2D eigenvalue weighted by atomic mass is 10.1. The third-order valence-electron chi connectivity index (χ3n) is 3.70. The van der Waals surface area contributed by atoms with Gasteiger partial charge in [-0.25, -0.2) is 0 Å². The van der Waals surface area contributed by atoms with Crippen molar-refractivity contribution in [2.45, 2.75) is 52.1 Å². The summed E-state index contributed by atoms with van der Waals surface area (Å²) in [6, 6.07) is 1.32. The van der Waals surface area contributed by atoms with Gasteiger partial charge in [0.05, 0.1) is 6.61 Å². The fraction of sp³-hybridized carbons (Fsp3) is 1.00. The molecule has 1 aliphatic heterocycles. The Morgan fingerprint density at radius 2 is 2.12 bits per heavy atom. The molecule has 0 aromatic carbocycles. The van der Waals surface area contributed by atoms with Crippen molar-refractivity contribution in [3.05, 3.63) is 0 Å². The molecule has 0 aromatic rings. The average Bonchev–Trinajstić information content (AvgIpc) is 2.80. The van der Waals surface area contributed by atoms with Crippen LogP contribution >= 0.6 is 0 Å². The maximum atomic E-state index is 5.44. The number of rotatable bonds is 8. The molecule has 1 saturated heterocycles. The lowest BCUT2D eigenvalue weighted by Gasteiger charge is -2.29. The monoisotopic (exact) mass is 242 g/mol. The van der Waals surface area contributed by atoms with E-state index in [0.29, 0.717) is 12.1 Å². The molecule has 0 amide bonds. The zero-order valence-corrected chi connectivity index (χ0v) is 12.0. The Hall–Kier alpha value is -0.120. The van der Waals surface area contributed by atoms with Crippen LogP contribution in [-0.4, -0.2) is 50.3 Å².